The molecule has 1 aliphatic carbocycles. The fourth-order valence-corrected chi connectivity index (χ4v) is 3.24. The topological polar surface area (TPSA) is 24.9 Å². The van der Waals surface area contributed by atoms with Crippen LogP contribution in [0.15, 0.2) is 24.5 Å². The molecule has 0 saturated heterocycles. The minimum atomic E-state index is 0.716. The van der Waals surface area contributed by atoms with E-state index in [2.05, 4.69) is 29.4 Å². The first kappa shape index (κ1) is 14.5. The largest absolute Gasteiger partial charge is 0.314 e. The highest BCUT2D eigenvalue weighted by atomic mass is 14.9. The van der Waals surface area contributed by atoms with Gasteiger partial charge in [0, 0.05) is 18.4 Å². The maximum atomic E-state index is 4.10. The zero-order valence-electron chi connectivity index (χ0n) is 12.3. The normalized spacial score (nSPS) is 18.4. The van der Waals surface area contributed by atoms with Crippen LogP contribution in [0.3, 0.4) is 0 Å². The van der Waals surface area contributed by atoms with Crippen LogP contribution in [0.5, 0.6) is 0 Å². The van der Waals surface area contributed by atoms with Crippen molar-refractivity contribution in [3.8, 4) is 0 Å². The van der Waals surface area contributed by atoms with Gasteiger partial charge in [-0.1, -0.05) is 26.2 Å². The fraction of sp³-hybridized carbons (Fsp3) is 0.706. The lowest BCUT2D eigenvalue weighted by Crippen LogP contribution is -2.38. The minimum absolute atomic E-state index is 0.716. The van der Waals surface area contributed by atoms with Crippen LogP contribution in [0.2, 0.25) is 0 Å². The first-order valence-electron chi connectivity index (χ1n) is 8.02. The zero-order valence-corrected chi connectivity index (χ0v) is 12.3. The Labute approximate surface area is 118 Å². The Morgan fingerprint density at radius 3 is 2.63 bits per heavy atom. The molecule has 2 nitrogen and oxygen atoms in total. The smallest absolute Gasteiger partial charge is 0.0270 e. The number of nitrogens with zero attached hydrogens (tertiary/aromatic N) is 1. The van der Waals surface area contributed by atoms with Crippen molar-refractivity contribution in [2.45, 2.75) is 64.3 Å². The molecule has 0 amide bonds. The summed E-state index contributed by atoms with van der Waals surface area (Å²) in [6.07, 6.45) is 14.7. The molecular weight excluding hydrogens is 232 g/mol. The van der Waals surface area contributed by atoms with Crippen molar-refractivity contribution in [3.63, 3.8) is 0 Å². The van der Waals surface area contributed by atoms with Crippen molar-refractivity contribution >= 4 is 0 Å². The van der Waals surface area contributed by atoms with Crippen molar-refractivity contribution in [2.24, 2.45) is 5.92 Å². The second kappa shape index (κ2) is 8.31. The Bertz CT molecular complexity index is 330. The van der Waals surface area contributed by atoms with Crippen LogP contribution in [0.25, 0.3) is 0 Å². The van der Waals surface area contributed by atoms with Crippen LogP contribution in [0.4, 0.5) is 0 Å². The second-order valence-corrected chi connectivity index (χ2v) is 5.85. The standard InChI is InChI=1S/C17H28N2/c1-2-12-19-17(16-6-4-3-5-7-16)9-8-15-10-13-18-14-11-15/h10-11,13-14,16-17,19H,2-9,12H2,1H3. The van der Waals surface area contributed by atoms with Crippen LogP contribution in [0.1, 0.15) is 57.4 Å². The van der Waals surface area contributed by atoms with Crippen LogP contribution in [-0.2, 0) is 6.42 Å². The molecule has 0 radical (unpaired) electrons. The van der Waals surface area contributed by atoms with Gasteiger partial charge in [-0.15, -0.1) is 0 Å². The average molecular weight is 260 g/mol. The van der Waals surface area contributed by atoms with Crippen molar-refractivity contribution in [1.82, 2.24) is 10.3 Å². The number of rotatable bonds is 7. The molecule has 19 heavy (non-hydrogen) atoms. The fourth-order valence-electron chi connectivity index (χ4n) is 3.24. The van der Waals surface area contributed by atoms with Crippen molar-refractivity contribution in [2.75, 3.05) is 6.54 Å². The third-order valence-corrected chi connectivity index (χ3v) is 4.37. The molecule has 1 aliphatic rings. The zero-order chi connectivity index (χ0) is 13.3. The van der Waals surface area contributed by atoms with E-state index in [1.54, 1.807) is 0 Å². The number of pyridine rings is 1. The van der Waals surface area contributed by atoms with E-state index in [1.807, 2.05) is 12.4 Å². The van der Waals surface area contributed by atoms with Gasteiger partial charge < -0.3 is 5.32 Å². The van der Waals surface area contributed by atoms with Gasteiger partial charge in [0.05, 0.1) is 0 Å². The van der Waals surface area contributed by atoms with Crippen molar-refractivity contribution in [3.05, 3.63) is 30.1 Å². The lowest BCUT2D eigenvalue weighted by molar-refractivity contribution is 0.258. The summed E-state index contributed by atoms with van der Waals surface area (Å²) < 4.78 is 0. The van der Waals surface area contributed by atoms with E-state index >= 15 is 0 Å². The molecule has 2 rings (SSSR count). The molecule has 1 atom stereocenters. The molecule has 1 fully saturated rings. The maximum Gasteiger partial charge on any atom is 0.0270 e. The highest BCUT2D eigenvalue weighted by molar-refractivity contribution is 5.10. The summed E-state index contributed by atoms with van der Waals surface area (Å²) in [5.41, 5.74) is 1.43. The lowest BCUT2D eigenvalue weighted by atomic mass is 9.82. The average Bonchev–Trinajstić information content (AvgIpc) is 2.49. The number of nitrogens with one attached hydrogen (secondary N) is 1. The van der Waals surface area contributed by atoms with Crippen molar-refractivity contribution < 1.29 is 0 Å². The Kier molecular flexibility index (Phi) is 6.35. The summed E-state index contributed by atoms with van der Waals surface area (Å²) in [5.74, 6) is 0.905. The van der Waals surface area contributed by atoms with Gasteiger partial charge in [0.25, 0.3) is 0 Å². The van der Waals surface area contributed by atoms with Gasteiger partial charge in [0.2, 0.25) is 0 Å². The molecule has 0 aromatic carbocycles. The van der Waals surface area contributed by atoms with E-state index in [9.17, 15) is 0 Å². The van der Waals surface area contributed by atoms with E-state index in [0.29, 0.717) is 6.04 Å². The Hall–Kier alpha value is -0.890. The highest BCUT2D eigenvalue weighted by Crippen LogP contribution is 2.28. The first-order chi connectivity index (χ1) is 9.40. The van der Waals surface area contributed by atoms with Gasteiger partial charge >= 0.3 is 0 Å². The molecule has 0 aliphatic heterocycles. The molecule has 1 aromatic rings. The third-order valence-electron chi connectivity index (χ3n) is 4.37. The van der Waals surface area contributed by atoms with Gasteiger partial charge in [-0.3, -0.25) is 4.98 Å². The van der Waals surface area contributed by atoms with E-state index in [4.69, 9.17) is 0 Å². The molecule has 1 aromatic heterocycles. The van der Waals surface area contributed by atoms with E-state index in [1.165, 1.54) is 56.9 Å². The number of aromatic nitrogens is 1. The predicted octanol–water partition coefficient (Wildman–Crippen LogP) is 3.96. The summed E-state index contributed by atoms with van der Waals surface area (Å²) in [6, 6.07) is 5.02. The molecular formula is C17H28N2. The lowest BCUT2D eigenvalue weighted by Gasteiger charge is -2.31. The van der Waals surface area contributed by atoms with Gasteiger partial charge in [0.1, 0.15) is 0 Å². The van der Waals surface area contributed by atoms with Crippen LogP contribution >= 0.6 is 0 Å². The first-order valence-corrected chi connectivity index (χ1v) is 8.02. The minimum Gasteiger partial charge on any atom is -0.314 e. The highest BCUT2D eigenvalue weighted by Gasteiger charge is 2.22. The number of hydrogen-bond donors (Lipinski definition) is 1. The molecule has 106 valence electrons. The van der Waals surface area contributed by atoms with Gasteiger partial charge in [-0.2, -0.15) is 0 Å². The van der Waals surface area contributed by atoms with E-state index in [0.717, 1.165) is 12.5 Å². The number of aryl methyl sites for hydroxylation is 1. The van der Waals surface area contributed by atoms with Gasteiger partial charge in [0.15, 0.2) is 0 Å². The summed E-state index contributed by atoms with van der Waals surface area (Å²) in [6.45, 7) is 3.42. The Balaban J connectivity index is 1.85. The monoisotopic (exact) mass is 260 g/mol. The molecule has 2 heteroatoms. The van der Waals surface area contributed by atoms with E-state index < -0.39 is 0 Å². The second-order valence-electron chi connectivity index (χ2n) is 5.85. The molecule has 0 bridgehead atoms. The summed E-state index contributed by atoms with van der Waals surface area (Å²) in [4.78, 5) is 4.10. The Morgan fingerprint density at radius 2 is 1.95 bits per heavy atom. The van der Waals surface area contributed by atoms with E-state index in [-0.39, 0.29) is 0 Å². The van der Waals surface area contributed by atoms with Gasteiger partial charge in [-0.05, 0) is 62.3 Å². The van der Waals surface area contributed by atoms with Crippen LogP contribution < -0.4 is 5.32 Å². The van der Waals surface area contributed by atoms with Gasteiger partial charge in [-0.25, -0.2) is 0 Å². The Morgan fingerprint density at radius 1 is 1.21 bits per heavy atom. The predicted molar refractivity (Wildman–Crippen MR) is 81.2 cm³/mol. The summed E-state index contributed by atoms with van der Waals surface area (Å²) >= 11 is 0. The quantitative estimate of drug-likeness (QED) is 0.802. The summed E-state index contributed by atoms with van der Waals surface area (Å²) in [5, 5.41) is 3.79. The van der Waals surface area contributed by atoms with Crippen LogP contribution in [0, 0.1) is 5.92 Å². The molecule has 1 saturated carbocycles. The number of hydrogen-bond acceptors (Lipinski definition) is 2. The summed E-state index contributed by atoms with van der Waals surface area (Å²) in [7, 11) is 0. The molecule has 1 N–H and O–H groups in total. The van der Waals surface area contributed by atoms with Crippen molar-refractivity contribution in [1.29, 1.82) is 0 Å². The third kappa shape index (κ3) is 4.94. The SMILES string of the molecule is CCCNC(CCc1ccncc1)C1CCCCC1. The molecule has 0 spiro atoms. The van der Waals surface area contributed by atoms with Crippen LogP contribution in [-0.4, -0.2) is 17.6 Å². The maximum absolute atomic E-state index is 4.10. The molecule has 1 unspecified atom stereocenters. The molecule has 1 heterocycles.